The molecule has 10 heteroatoms. The summed E-state index contributed by atoms with van der Waals surface area (Å²) in [7, 11) is -2.20. The summed E-state index contributed by atoms with van der Waals surface area (Å²) in [6.45, 7) is 12.0. The average Bonchev–Trinajstić information content (AvgIpc) is 3.01. The Morgan fingerprint density at radius 2 is 1.91 bits per heavy atom. The molecule has 2 rings (SSSR count). The fourth-order valence-electron chi connectivity index (χ4n) is 3.37. The van der Waals surface area contributed by atoms with Gasteiger partial charge < -0.3 is 23.8 Å². The van der Waals surface area contributed by atoms with E-state index in [9.17, 15) is 23.8 Å². The van der Waals surface area contributed by atoms with E-state index in [4.69, 9.17) is 4.42 Å². The number of aliphatic hydroxyl groups is 1. The minimum Gasteiger partial charge on any atom is -0.447 e. The molecule has 2 amide bonds. The Kier molecular flexibility index (Phi) is 7.70. The van der Waals surface area contributed by atoms with Crippen molar-refractivity contribution in [3.63, 3.8) is 0 Å². The second-order valence-corrected chi connectivity index (χ2v) is 9.43. The van der Waals surface area contributed by atoms with Gasteiger partial charge in [-0.15, -0.1) is 0 Å². The molecule has 0 unspecified atom stereocenters. The van der Waals surface area contributed by atoms with Gasteiger partial charge in [0.05, 0.1) is 16.9 Å². The van der Waals surface area contributed by atoms with Gasteiger partial charge in [0.1, 0.15) is 17.6 Å². The highest BCUT2D eigenvalue weighted by atomic mass is 32.2. The first kappa shape index (κ1) is 25.4. The van der Waals surface area contributed by atoms with Crippen LogP contribution < -0.4 is 10.0 Å². The molecule has 1 aromatic heterocycles. The van der Waals surface area contributed by atoms with Gasteiger partial charge in [-0.05, 0) is 44.2 Å². The first-order valence-corrected chi connectivity index (χ1v) is 11.2. The molecular weight excluding hydrogens is 435 g/mol. The zero-order valence-electron chi connectivity index (χ0n) is 19.2. The third-order valence-electron chi connectivity index (χ3n) is 4.81. The number of benzene rings is 1. The minimum absolute atomic E-state index is 0.0738. The fraction of sp³-hybridized carbons (Fsp3) is 0.455. The van der Waals surface area contributed by atoms with Crippen LogP contribution in [0.25, 0.3) is 0 Å². The molecular formula is C22H28FN4O4S-. The number of urea groups is 1. The summed E-state index contributed by atoms with van der Waals surface area (Å²) < 4.78 is 38.6. The predicted octanol–water partition coefficient (Wildman–Crippen LogP) is 5.78. The Bertz CT molecular complexity index is 1150. The highest BCUT2D eigenvalue weighted by Gasteiger charge is 2.24. The monoisotopic (exact) mass is 463 g/mol. The Hall–Kier alpha value is -2.90. The van der Waals surface area contributed by atoms with Gasteiger partial charge in [0.2, 0.25) is 0 Å². The van der Waals surface area contributed by atoms with E-state index in [0.717, 1.165) is 0 Å². The second-order valence-electron chi connectivity index (χ2n) is 8.55. The molecule has 0 atom stereocenters. The van der Waals surface area contributed by atoms with Gasteiger partial charge in [0, 0.05) is 17.2 Å². The van der Waals surface area contributed by atoms with E-state index in [1.807, 2.05) is 19.9 Å². The molecule has 1 heterocycles. The number of aryl methyl sites for hydroxylation is 1. The van der Waals surface area contributed by atoms with Crippen molar-refractivity contribution in [1.29, 1.82) is 5.26 Å². The number of hydrogen-bond acceptors (Lipinski definition) is 6. The van der Waals surface area contributed by atoms with Gasteiger partial charge in [-0.3, -0.25) is 4.36 Å². The first-order valence-electron chi connectivity index (χ1n) is 10.1. The summed E-state index contributed by atoms with van der Waals surface area (Å²) in [5, 5.41) is 21.9. The van der Waals surface area contributed by atoms with Crippen molar-refractivity contribution in [3.8, 4) is 6.07 Å². The zero-order valence-corrected chi connectivity index (χ0v) is 20.0. The van der Waals surface area contributed by atoms with Gasteiger partial charge in [-0.2, -0.15) is 5.26 Å². The maximum absolute atomic E-state index is 14.9. The largest absolute Gasteiger partial charge is 0.447 e. The maximum atomic E-state index is 14.9. The smallest absolute Gasteiger partial charge is 0.323 e. The molecule has 2 aromatic rings. The molecule has 1 aromatic carbocycles. The molecule has 174 valence electrons. The number of nitriles is 1. The summed E-state index contributed by atoms with van der Waals surface area (Å²) in [5.41, 5.74) is 0.210. The first-order chi connectivity index (χ1) is 14.8. The number of furan rings is 1. The summed E-state index contributed by atoms with van der Waals surface area (Å²) in [5.74, 6) is -0.648. The molecule has 0 saturated heterocycles. The van der Waals surface area contributed by atoms with E-state index < -0.39 is 28.2 Å². The Labute approximate surface area is 189 Å². The van der Waals surface area contributed by atoms with Crippen LogP contribution in [0.2, 0.25) is 0 Å². The van der Waals surface area contributed by atoms with E-state index in [1.165, 1.54) is 12.1 Å². The van der Waals surface area contributed by atoms with Crippen molar-refractivity contribution in [1.82, 2.24) is 0 Å². The van der Waals surface area contributed by atoms with Crippen LogP contribution in [0.1, 0.15) is 81.4 Å². The quantitative estimate of drug-likeness (QED) is 0.468. The molecule has 0 aliphatic rings. The van der Waals surface area contributed by atoms with Crippen LogP contribution in [0.15, 0.2) is 20.9 Å². The number of amides is 2. The van der Waals surface area contributed by atoms with Crippen LogP contribution in [0.5, 0.6) is 0 Å². The molecule has 8 nitrogen and oxygen atoms in total. The van der Waals surface area contributed by atoms with Crippen LogP contribution in [0, 0.1) is 24.1 Å². The van der Waals surface area contributed by atoms with Crippen LogP contribution in [-0.4, -0.2) is 11.1 Å². The Morgan fingerprint density at radius 1 is 1.28 bits per heavy atom. The van der Waals surface area contributed by atoms with Gasteiger partial charge in [0.25, 0.3) is 0 Å². The highest BCUT2D eigenvalue weighted by Crippen LogP contribution is 2.36. The molecule has 0 aliphatic heterocycles. The lowest BCUT2D eigenvalue weighted by Crippen LogP contribution is -2.15. The molecule has 0 spiro atoms. The number of rotatable bonds is 6. The molecule has 0 radical (unpaired) electrons. The van der Waals surface area contributed by atoms with E-state index in [0.29, 0.717) is 16.9 Å². The number of hydrogen-bond donors (Lipinski definition) is 3. The highest BCUT2D eigenvalue weighted by molar-refractivity contribution is 7.76. The lowest BCUT2D eigenvalue weighted by atomic mass is 9.90. The SMILES string of the molecule is Cc1oc(N[S-](=O)=NC(=O)Nc2c(C(C)C)cc(C#N)c(F)c2C(C)C)cc1C(C)(C)O. The summed E-state index contributed by atoms with van der Waals surface area (Å²) >= 11 is 0. The van der Waals surface area contributed by atoms with Crippen molar-refractivity contribution in [2.75, 3.05) is 10.0 Å². The average molecular weight is 464 g/mol. The molecule has 0 saturated carbocycles. The van der Waals surface area contributed by atoms with Crippen LogP contribution >= 0.6 is 0 Å². The van der Waals surface area contributed by atoms with Crippen molar-refractivity contribution >= 4 is 28.4 Å². The Balaban J connectivity index is 2.37. The number of anilines is 2. The number of nitrogens with zero attached hydrogens (tertiary/aromatic N) is 2. The number of halogens is 1. The predicted molar refractivity (Wildman–Crippen MR) is 121 cm³/mol. The topological polar surface area (TPSA) is 128 Å². The summed E-state index contributed by atoms with van der Waals surface area (Å²) in [6, 6.07) is 3.78. The van der Waals surface area contributed by atoms with Gasteiger partial charge in [0.15, 0.2) is 5.88 Å². The number of carbonyl (C=O) groups excluding carboxylic acids is 1. The van der Waals surface area contributed by atoms with Gasteiger partial charge in [-0.25, -0.2) is 9.18 Å². The van der Waals surface area contributed by atoms with Gasteiger partial charge >= 0.3 is 6.03 Å². The standard InChI is InChI=1S/C22H28FN4O4S/c1-11(2)15-8-14(10-24)19(23)18(12(3)4)20(15)25-21(28)27-32(30)26-17-9-16(13(5)31-17)22(6,7)29/h8-9,11-12,29H,1-7H3,(H2,25,26,27,28,30)/q-1. The molecule has 3 N–H and O–H groups in total. The number of nitrogens with one attached hydrogen (secondary N) is 2. The minimum atomic E-state index is -2.20. The van der Waals surface area contributed by atoms with E-state index in [2.05, 4.69) is 14.4 Å². The normalized spacial score (nSPS) is 12.8. The van der Waals surface area contributed by atoms with Crippen LogP contribution in [0.4, 0.5) is 20.8 Å². The van der Waals surface area contributed by atoms with Gasteiger partial charge in [-0.1, -0.05) is 38.5 Å². The molecule has 0 aliphatic carbocycles. The Morgan fingerprint density at radius 3 is 2.38 bits per heavy atom. The van der Waals surface area contributed by atoms with Crippen LogP contribution in [-0.2, 0) is 20.6 Å². The van der Waals surface area contributed by atoms with Crippen molar-refractivity contribution in [2.24, 2.45) is 4.36 Å². The van der Waals surface area contributed by atoms with E-state index in [1.54, 1.807) is 34.6 Å². The van der Waals surface area contributed by atoms with E-state index in [-0.39, 0.29) is 34.5 Å². The molecule has 0 fully saturated rings. The van der Waals surface area contributed by atoms with Crippen molar-refractivity contribution in [2.45, 2.75) is 65.9 Å². The zero-order chi connectivity index (χ0) is 24.4. The third-order valence-corrected chi connectivity index (χ3v) is 5.52. The second kappa shape index (κ2) is 9.71. The molecule has 0 bridgehead atoms. The van der Waals surface area contributed by atoms with Crippen molar-refractivity contribution < 1.29 is 22.9 Å². The lowest BCUT2D eigenvalue weighted by molar-refractivity contribution is 0.0770. The third kappa shape index (κ3) is 5.66. The molecule has 32 heavy (non-hydrogen) atoms. The lowest BCUT2D eigenvalue weighted by Gasteiger charge is -2.21. The van der Waals surface area contributed by atoms with Crippen molar-refractivity contribution in [3.05, 3.63) is 46.0 Å². The maximum Gasteiger partial charge on any atom is 0.323 e. The fourth-order valence-corrected chi connectivity index (χ4v) is 3.89. The summed E-state index contributed by atoms with van der Waals surface area (Å²) in [6.07, 6.45) is 0. The van der Waals surface area contributed by atoms with Crippen LogP contribution in [0.3, 0.4) is 0 Å². The number of carbonyl (C=O) groups is 1. The van der Waals surface area contributed by atoms with E-state index >= 15 is 0 Å². The summed E-state index contributed by atoms with van der Waals surface area (Å²) in [4.78, 5) is 12.5.